The van der Waals surface area contributed by atoms with E-state index in [-0.39, 0.29) is 6.04 Å². The minimum absolute atomic E-state index is 0.197. The summed E-state index contributed by atoms with van der Waals surface area (Å²) < 4.78 is 0. The van der Waals surface area contributed by atoms with Gasteiger partial charge in [-0.15, -0.1) is 0 Å². The molecule has 1 saturated carbocycles. The van der Waals surface area contributed by atoms with Crippen LogP contribution in [-0.4, -0.2) is 39.5 Å². The zero-order chi connectivity index (χ0) is 21.0. The topological polar surface area (TPSA) is 107 Å². The first-order chi connectivity index (χ1) is 13.3. The van der Waals surface area contributed by atoms with Crippen molar-refractivity contribution in [1.82, 2.24) is 5.32 Å². The summed E-state index contributed by atoms with van der Waals surface area (Å²) in [6, 6.07) is 0.197. The molecule has 1 aliphatic rings. The van der Waals surface area contributed by atoms with Gasteiger partial charge in [-0.3, -0.25) is 4.79 Å². The van der Waals surface area contributed by atoms with Gasteiger partial charge in [-0.1, -0.05) is 58.1 Å². The average Bonchev–Trinajstić information content (AvgIpc) is 3.03. The summed E-state index contributed by atoms with van der Waals surface area (Å²) in [5.41, 5.74) is 0. The number of carboxylic acid groups (broad SMARTS) is 1. The second-order valence-corrected chi connectivity index (χ2v) is 8.30. The molecule has 6 heteroatoms. The van der Waals surface area contributed by atoms with Crippen molar-refractivity contribution in [2.45, 2.75) is 96.3 Å². The number of unbranched alkanes of at least 4 members (excludes halogenated alkanes) is 5. The Kier molecular flexibility index (Phi) is 11.4. The molecule has 4 atom stereocenters. The molecule has 0 aromatic heterocycles. The molecule has 28 heavy (non-hydrogen) atoms. The van der Waals surface area contributed by atoms with E-state index in [9.17, 15) is 19.8 Å². The van der Waals surface area contributed by atoms with Crippen molar-refractivity contribution in [2.75, 3.05) is 0 Å². The van der Waals surface area contributed by atoms with Gasteiger partial charge in [0.2, 0.25) is 6.41 Å². The predicted molar refractivity (Wildman–Crippen MR) is 110 cm³/mol. The van der Waals surface area contributed by atoms with E-state index in [1.807, 2.05) is 0 Å². The molecule has 1 fully saturated rings. The first-order valence-electron chi connectivity index (χ1n) is 10.9. The van der Waals surface area contributed by atoms with Crippen molar-refractivity contribution in [1.29, 1.82) is 0 Å². The van der Waals surface area contributed by atoms with Crippen molar-refractivity contribution in [3.63, 3.8) is 0 Å². The molecule has 1 aliphatic carbocycles. The lowest BCUT2D eigenvalue weighted by Gasteiger charge is -2.24. The van der Waals surface area contributed by atoms with Gasteiger partial charge in [-0.2, -0.15) is 0 Å². The van der Waals surface area contributed by atoms with Crippen molar-refractivity contribution in [3.05, 3.63) is 12.2 Å². The van der Waals surface area contributed by atoms with E-state index in [4.69, 9.17) is 5.11 Å². The largest absolute Gasteiger partial charge is 0.477 e. The maximum absolute atomic E-state index is 10.9. The highest BCUT2D eigenvalue weighted by Crippen LogP contribution is 2.37. The average molecular weight is 398 g/mol. The van der Waals surface area contributed by atoms with Gasteiger partial charge >= 0.3 is 5.97 Å². The monoisotopic (exact) mass is 397 g/mol. The van der Waals surface area contributed by atoms with Crippen LogP contribution in [-0.2, 0) is 9.59 Å². The van der Waals surface area contributed by atoms with Crippen LogP contribution in [0, 0.1) is 17.8 Å². The number of nitrogens with one attached hydrogen (secondary N) is 1. The number of carbonyl (C=O) groups is 2. The Morgan fingerprint density at radius 3 is 2.57 bits per heavy atom. The van der Waals surface area contributed by atoms with Gasteiger partial charge in [0.25, 0.3) is 5.79 Å². The lowest BCUT2D eigenvalue weighted by atomic mass is 9.87. The Hall–Kier alpha value is -1.40. The molecule has 1 unspecified atom stereocenters. The van der Waals surface area contributed by atoms with Crippen LogP contribution in [0.5, 0.6) is 0 Å². The van der Waals surface area contributed by atoms with Crippen LogP contribution in [0.1, 0.15) is 84.5 Å². The third-order valence-corrected chi connectivity index (χ3v) is 6.19. The Labute approximate surface area is 169 Å². The maximum Gasteiger partial charge on any atom is 0.364 e. The van der Waals surface area contributed by atoms with Gasteiger partial charge in [0.05, 0.1) is 0 Å². The summed E-state index contributed by atoms with van der Waals surface area (Å²) in [5, 5.41) is 31.0. The molecule has 0 aromatic rings. The summed E-state index contributed by atoms with van der Waals surface area (Å²) >= 11 is 0. The summed E-state index contributed by atoms with van der Waals surface area (Å²) in [7, 11) is 0. The molecule has 162 valence electrons. The Morgan fingerprint density at radius 2 is 1.93 bits per heavy atom. The van der Waals surface area contributed by atoms with E-state index in [0.717, 1.165) is 44.9 Å². The molecule has 4 N–H and O–H groups in total. The van der Waals surface area contributed by atoms with Crippen LogP contribution < -0.4 is 5.32 Å². The lowest BCUT2D eigenvalue weighted by molar-refractivity contribution is -0.221. The van der Waals surface area contributed by atoms with Gasteiger partial charge in [-0.25, -0.2) is 4.79 Å². The van der Waals surface area contributed by atoms with E-state index < -0.39 is 17.7 Å². The van der Waals surface area contributed by atoms with Crippen molar-refractivity contribution in [3.8, 4) is 0 Å². The number of rotatable bonds is 15. The van der Waals surface area contributed by atoms with E-state index >= 15 is 0 Å². The minimum Gasteiger partial charge on any atom is -0.477 e. The number of aliphatic hydroxyl groups is 2. The Balaban J connectivity index is 2.45. The van der Waals surface area contributed by atoms with E-state index in [2.05, 4.69) is 24.4 Å². The summed E-state index contributed by atoms with van der Waals surface area (Å²) in [6.45, 7) is 3.76. The molecule has 1 rings (SSSR count). The normalized spacial score (nSPS) is 23.8. The molecular formula is C22H39NO5. The van der Waals surface area contributed by atoms with Crippen molar-refractivity contribution < 1.29 is 24.9 Å². The third-order valence-electron chi connectivity index (χ3n) is 6.19. The third kappa shape index (κ3) is 7.92. The fourth-order valence-electron chi connectivity index (χ4n) is 4.23. The van der Waals surface area contributed by atoms with Crippen LogP contribution in [0.2, 0.25) is 0 Å². The number of aliphatic carboxylic acids is 1. The fraction of sp³-hybridized carbons (Fsp3) is 0.818. The Bertz CT molecular complexity index is 491. The highest BCUT2D eigenvalue weighted by Gasteiger charge is 2.39. The molecule has 0 bridgehead atoms. The molecular weight excluding hydrogens is 358 g/mol. The molecule has 0 spiro atoms. The van der Waals surface area contributed by atoms with Crippen LogP contribution >= 0.6 is 0 Å². The number of carboxylic acids is 1. The second-order valence-electron chi connectivity index (χ2n) is 8.30. The fourth-order valence-corrected chi connectivity index (χ4v) is 4.23. The quantitative estimate of drug-likeness (QED) is 0.146. The van der Waals surface area contributed by atoms with Gasteiger partial charge in [-0.05, 0) is 50.4 Å². The van der Waals surface area contributed by atoms with Crippen LogP contribution in [0.15, 0.2) is 12.2 Å². The first kappa shape index (κ1) is 24.6. The molecule has 0 aromatic carbocycles. The maximum atomic E-state index is 10.9. The highest BCUT2D eigenvalue weighted by atomic mass is 16.5. The zero-order valence-corrected chi connectivity index (χ0v) is 17.5. The highest BCUT2D eigenvalue weighted by molar-refractivity contribution is 5.75. The molecule has 1 amide bonds. The molecule has 0 heterocycles. The number of amides is 1. The molecule has 0 aliphatic heterocycles. The van der Waals surface area contributed by atoms with E-state index in [1.165, 1.54) is 25.7 Å². The minimum atomic E-state index is -2.66. The summed E-state index contributed by atoms with van der Waals surface area (Å²) in [4.78, 5) is 21.8. The van der Waals surface area contributed by atoms with Crippen molar-refractivity contribution >= 4 is 12.4 Å². The number of hydrogen-bond donors (Lipinski definition) is 4. The number of allylic oxidation sites excluding steroid dienone is 1. The van der Waals surface area contributed by atoms with Crippen LogP contribution in [0.4, 0.5) is 0 Å². The smallest absolute Gasteiger partial charge is 0.364 e. The molecule has 0 radical (unpaired) electrons. The summed E-state index contributed by atoms with van der Waals surface area (Å²) in [6.07, 6.45) is 16.6. The number of hydrogen-bond acceptors (Lipinski definition) is 4. The van der Waals surface area contributed by atoms with E-state index in [0.29, 0.717) is 18.3 Å². The SMILES string of the molecule is CCCCCCC=C[C@@H]1[C@H](CCCCC(C)C(O)(O)C(=O)O)CC[C@H]1NC=O. The first-order valence-corrected chi connectivity index (χ1v) is 10.9. The van der Waals surface area contributed by atoms with Gasteiger partial charge in [0.15, 0.2) is 0 Å². The number of carbonyl (C=O) groups excluding carboxylic acids is 1. The van der Waals surface area contributed by atoms with Gasteiger partial charge in [0.1, 0.15) is 0 Å². The van der Waals surface area contributed by atoms with Gasteiger partial charge in [0, 0.05) is 12.0 Å². The van der Waals surface area contributed by atoms with Crippen molar-refractivity contribution in [2.24, 2.45) is 17.8 Å². The van der Waals surface area contributed by atoms with E-state index in [1.54, 1.807) is 6.92 Å². The van der Waals surface area contributed by atoms with Crippen LogP contribution in [0.3, 0.4) is 0 Å². The zero-order valence-electron chi connectivity index (χ0n) is 17.5. The predicted octanol–water partition coefficient (Wildman–Crippen LogP) is 3.62. The Morgan fingerprint density at radius 1 is 1.18 bits per heavy atom. The van der Waals surface area contributed by atoms with Crippen LogP contribution in [0.25, 0.3) is 0 Å². The molecule has 6 nitrogen and oxygen atoms in total. The second kappa shape index (κ2) is 12.9. The van der Waals surface area contributed by atoms with Gasteiger partial charge < -0.3 is 20.6 Å². The lowest BCUT2D eigenvalue weighted by Crippen LogP contribution is -2.44. The molecule has 0 saturated heterocycles. The summed E-state index contributed by atoms with van der Waals surface area (Å²) in [5.74, 6) is -4.11. The standard InChI is InChI=1S/C22H39NO5/c1-3-4-5-6-7-8-13-19-18(14-15-20(19)23-16-24)12-10-9-11-17(2)22(27,28)21(25)26/h8,13,16-20,27-28H,3-7,9-12,14-15H2,1-2H3,(H,23,24)(H,25,26)/t17?,18-,19-,20-/m1/s1.